The number of hydrogen-bond donors (Lipinski definition) is 2. The number of phenols is 1. The van der Waals surface area contributed by atoms with Gasteiger partial charge in [-0.15, -0.1) is 0 Å². The minimum absolute atomic E-state index is 0.00822. The van der Waals surface area contributed by atoms with Crippen LogP contribution in [0.5, 0.6) is 5.75 Å². The van der Waals surface area contributed by atoms with Crippen LogP contribution in [0.1, 0.15) is 70.2 Å². The van der Waals surface area contributed by atoms with Crippen LogP contribution >= 0.6 is 0 Å². The highest BCUT2D eigenvalue weighted by Crippen LogP contribution is 2.47. The van der Waals surface area contributed by atoms with E-state index in [0.29, 0.717) is 29.1 Å². The Hall–Kier alpha value is -2.75. The smallest absolute Gasteiger partial charge is 0.255 e. The summed E-state index contributed by atoms with van der Waals surface area (Å²) in [4.78, 5) is 13.1. The van der Waals surface area contributed by atoms with E-state index in [0.717, 1.165) is 35.8 Å². The molecule has 2 aliphatic rings. The molecule has 0 aliphatic heterocycles. The van der Waals surface area contributed by atoms with Crippen molar-refractivity contribution in [2.45, 2.75) is 65.3 Å². The van der Waals surface area contributed by atoms with Crippen LogP contribution in [0.3, 0.4) is 0 Å². The Balaban J connectivity index is 0.00000119. The molecule has 3 aromatic rings. The zero-order chi connectivity index (χ0) is 22.9. The quantitative estimate of drug-likeness (QED) is 0.460. The number of fused-ring (bicyclic) bond motifs is 3. The van der Waals surface area contributed by atoms with E-state index in [2.05, 4.69) is 19.2 Å². The number of hydrogen-bond acceptors (Lipinski definition) is 3. The van der Waals surface area contributed by atoms with Gasteiger partial charge < -0.3 is 14.8 Å². The molecule has 1 aromatic heterocycles. The Morgan fingerprint density at radius 3 is 2.34 bits per heavy atom. The molecule has 2 bridgehead atoms. The number of aromatic hydroxyl groups is 1. The second-order valence-electron chi connectivity index (χ2n) is 9.78. The number of phenolic OH excluding ortho intramolecular Hbond substituents is 1. The van der Waals surface area contributed by atoms with Crippen LogP contribution in [0.25, 0.3) is 22.3 Å². The van der Waals surface area contributed by atoms with E-state index in [4.69, 9.17) is 4.42 Å². The molecule has 2 fully saturated rings. The first-order chi connectivity index (χ1) is 15.4. The topological polar surface area (TPSA) is 62.5 Å². The van der Waals surface area contributed by atoms with Crippen molar-refractivity contribution in [2.75, 3.05) is 0 Å². The lowest BCUT2D eigenvalue weighted by atomic mass is 9.61. The van der Waals surface area contributed by atoms with Gasteiger partial charge in [-0.05, 0) is 74.1 Å². The van der Waals surface area contributed by atoms with Gasteiger partial charge in [0.15, 0.2) is 0 Å². The maximum Gasteiger partial charge on any atom is 0.255 e. The van der Waals surface area contributed by atoms with Gasteiger partial charge in [0.05, 0.1) is 5.56 Å². The SMILES string of the molecule is CC.CC1CC2CC(C)CC(NC(=O)c3ccc(-c4cc5ccccc5o4)cc3O)(C1)C2. The maximum absolute atomic E-state index is 13.1. The Morgan fingerprint density at radius 2 is 1.69 bits per heavy atom. The van der Waals surface area contributed by atoms with Gasteiger partial charge in [0.1, 0.15) is 17.1 Å². The summed E-state index contributed by atoms with van der Waals surface area (Å²) >= 11 is 0. The third-order valence-electron chi connectivity index (χ3n) is 6.96. The molecular formula is C28H35NO3. The fourth-order valence-electron chi connectivity index (χ4n) is 6.17. The van der Waals surface area contributed by atoms with E-state index in [1.807, 2.05) is 50.2 Å². The van der Waals surface area contributed by atoms with Gasteiger partial charge in [-0.1, -0.05) is 52.0 Å². The van der Waals surface area contributed by atoms with Crippen LogP contribution in [0.15, 0.2) is 52.9 Å². The Labute approximate surface area is 191 Å². The summed E-state index contributed by atoms with van der Waals surface area (Å²) < 4.78 is 5.90. The summed E-state index contributed by atoms with van der Waals surface area (Å²) in [5, 5.41) is 15.0. The molecule has 0 radical (unpaired) electrons. The van der Waals surface area contributed by atoms with Gasteiger partial charge in [-0.3, -0.25) is 4.79 Å². The van der Waals surface area contributed by atoms with E-state index in [-0.39, 0.29) is 17.2 Å². The third kappa shape index (κ3) is 4.41. The molecular weight excluding hydrogens is 398 g/mol. The van der Waals surface area contributed by atoms with Gasteiger partial charge >= 0.3 is 0 Å². The lowest BCUT2D eigenvalue weighted by Gasteiger charge is -2.50. The molecule has 170 valence electrons. The van der Waals surface area contributed by atoms with E-state index >= 15 is 0 Å². The monoisotopic (exact) mass is 433 g/mol. The lowest BCUT2D eigenvalue weighted by Crippen LogP contribution is -2.56. The third-order valence-corrected chi connectivity index (χ3v) is 6.96. The molecule has 4 heteroatoms. The highest BCUT2D eigenvalue weighted by atomic mass is 16.3. The summed E-state index contributed by atoms with van der Waals surface area (Å²) in [5.74, 6) is 2.45. The molecule has 2 unspecified atom stereocenters. The predicted molar refractivity (Wildman–Crippen MR) is 130 cm³/mol. The number of rotatable bonds is 3. The van der Waals surface area contributed by atoms with Crippen molar-refractivity contribution < 1.29 is 14.3 Å². The molecule has 1 heterocycles. The second kappa shape index (κ2) is 9.01. The number of para-hydroxylation sites is 1. The zero-order valence-corrected chi connectivity index (χ0v) is 19.7. The van der Waals surface area contributed by atoms with E-state index in [9.17, 15) is 9.90 Å². The van der Waals surface area contributed by atoms with Gasteiger partial charge in [0, 0.05) is 16.5 Å². The molecule has 2 N–H and O–H groups in total. The molecule has 1 amide bonds. The molecule has 4 nitrogen and oxygen atoms in total. The van der Waals surface area contributed by atoms with Crippen molar-refractivity contribution in [1.29, 1.82) is 0 Å². The molecule has 2 aromatic carbocycles. The molecule has 2 atom stereocenters. The van der Waals surface area contributed by atoms with Gasteiger partial charge in [-0.2, -0.15) is 0 Å². The molecule has 2 aliphatic carbocycles. The average Bonchev–Trinajstić information content (AvgIpc) is 3.18. The van der Waals surface area contributed by atoms with Gasteiger partial charge in [0.2, 0.25) is 0 Å². The van der Waals surface area contributed by atoms with Crippen molar-refractivity contribution in [2.24, 2.45) is 17.8 Å². The second-order valence-corrected chi connectivity index (χ2v) is 9.78. The van der Waals surface area contributed by atoms with Crippen molar-refractivity contribution in [3.05, 3.63) is 54.1 Å². The fraction of sp³-hybridized carbons (Fsp3) is 0.464. The van der Waals surface area contributed by atoms with Crippen molar-refractivity contribution in [3.8, 4) is 17.1 Å². The minimum Gasteiger partial charge on any atom is -0.507 e. The standard InChI is InChI=1S/C26H29NO3.C2H6/c1-16-9-18-10-17(2)14-26(13-16,15-18)27-25(29)21-8-7-20(11-22(21)28)24-12-19-5-3-4-6-23(19)30-24;1-2/h3-8,11-12,16-18,28H,9-10,13-15H2,1-2H3,(H,27,29);1-2H3. The minimum atomic E-state index is -0.175. The van der Waals surface area contributed by atoms with Gasteiger partial charge in [0.25, 0.3) is 5.91 Å². The first kappa shape index (κ1) is 22.4. The van der Waals surface area contributed by atoms with Crippen LogP contribution in [-0.4, -0.2) is 16.6 Å². The summed E-state index contributed by atoms with van der Waals surface area (Å²) in [5.41, 5.74) is 1.76. The van der Waals surface area contributed by atoms with E-state index in [1.165, 1.54) is 12.8 Å². The Morgan fingerprint density at radius 1 is 1.00 bits per heavy atom. The van der Waals surface area contributed by atoms with Crippen LogP contribution in [0.2, 0.25) is 0 Å². The molecule has 0 spiro atoms. The first-order valence-electron chi connectivity index (χ1n) is 12.1. The highest BCUT2D eigenvalue weighted by Gasteiger charge is 2.45. The summed E-state index contributed by atoms with van der Waals surface area (Å²) in [6.07, 6.45) is 5.64. The highest BCUT2D eigenvalue weighted by molar-refractivity contribution is 5.98. The van der Waals surface area contributed by atoms with Crippen LogP contribution in [0, 0.1) is 17.8 Å². The van der Waals surface area contributed by atoms with Crippen molar-refractivity contribution in [1.82, 2.24) is 5.32 Å². The lowest BCUT2D eigenvalue weighted by molar-refractivity contribution is 0.0475. The number of furan rings is 1. The molecule has 2 saturated carbocycles. The summed E-state index contributed by atoms with van der Waals surface area (Å²) in [6, 6.07) is 14.9. The van der Waals surface area contributed by atoms with Gasteiger partial charge in [-0.25, -0.2) is 0 Å². The zero-order valence-electron chi connectivity index (χ0n) is 19.7. The van der Waals surface area contributed by atoms with E-state index < -0.39 is 0 Å². The first-order valence-corrected chi connectivity index (χ1v) is 12.1. The number of benzene rings is 2. The molecule has 5 rings (SSSR count). The Bertz CT molecular complexity index is 1050. The number of nitrogens with one attached hydrogen (secondary N) is 1. The largest absolute Gasteiger partial charge is 0.507 e. The normalized spacial score (nSPS) is 26.8. The predicted octanol–water partition coefficient (Wildman–Crippen LogP) is 7.17. The fourth-order valence-corrected chi connectivity index (χ4v) is 6.17. The van der Waals surface area contributed by atoms with Crippen molar-refractivity contribution >= 4 is 16.9 Å². The number of carbonyl (C=O) groups is 1. The van der Waals surface area contributed by atoms with Crippen LogP contribution in [-0.2, 0) is 0 Å². The van der Waals surface area contributed by atoms with E-state index in [1.54, 1.807) is 12.1 Å². The number of carbonyl (C=O) groups excluding carboxylic acids is 1. The summed E-state index contributed by atoms with van der Waals surface area (Å²) in [7, 11) is 0. The summed E-state index contributed by atoms with van der Waals surface area (Å²) in [6.45, 7) is 8.59. The average molecular weight is 434 g/mol. The maximum atomic E-state index is 13.1. The van der Waals surface area contributed by atoms with Crippen LogP contribution < -0.4 is 5.32 Å². The molecule has 0 saturated heterocycles. The van der Waals surface area contributed by atoms with Crippen LogP contribution in [0.4, 0.5) is 0 Å². The molecule has 32 heavy (non-hydrogen) atoms. The Kier molecular flexibility index (Phi) is 6.32. The number of amides is 1. The van der Waals surface area contributed by atoms with Crippen molar-refractivity contribution in [3.63, 3.8) is 0 Å².